The molecule has 0 aliphatic heterocycles. The first-order valence-electron chi connectivity index (χ1n) is 8.20. The van der Waals surface area contributed by atoms with Gasteiger partial charge >= 0.3 is 0 Å². The molecule has 0 heterocycles. The number of aliphatic hydroxyl groups is 1. The first kappa shape index (κ1) is 18.9. The summed E-state index contributed by atoms with van der Waals surface area (Å²) in [4.78, 5) is 0. The van der Waals surface area contributed by atoms with Gasteiger partial charge in [0, 0.05) is 5.92 Å². The van der Waals surface area contributed by atoms with Crippen LogP contribution in [0.2, 0.25) is 0 Å². The van der Waals surface area contributed by atoms with Crippen molar-refractivity contribution < 1.29 is 9.84 Å². The van der Waals surface area contributed by atoms with Crippen molar-refractivity contribution in [2.45, 2.75) is 98.9 Å². The molecule has 0 aromatic heterocycles. The zero-order chi connectivity index (χ0) is 14.9. The third kappa shape index (κ3) is 7.31. The number of hydrogen-bond donors (Lipinski definition) is 1. The summed E-state index contributed by atoms with van der Waals surface area (Å²) in [6.07, 6.45) is 8.15. The Hall–Kier alpha value is -0.0800. The summed E-state index contributed by atoms with van der Waals surface area (Å²) < 4.78 is 5.59. The molecule has 0 saturated carbocycles. The van der Waals surface area contributed by atoms with Crippen molar-refractivity contribution in [3.8, 4) is 0 Å². The van der Waals surface area contributed by atoms with Crippen LogP contribution in [0.5, 0.6) is 0 Å². The fourth-order valence-electron chi connectivity index (χ4n) is 2.85. The highest BCUT2D eigenvalue weighted by Crippen LogP contribution is 2.40. The molecule has 0 aromatic carbocycles. The van der Waals surface area contributed by atoms with Gasteiger partial charge in [0.05, 0.1) is 6.10 Å². The molecule has 0 amide bonds. The van der Waals surface area contributed by atoms with Crippen molar-refractivity contribution in [2.75, 3.05) is 0 Å². The van der Waals surface area contributed by atoms with E-state index in [9.17, 15) is 5.11 Å². The summed E-state index contributed by atoms with van der Waals surface area (Å²) in [6.45, 7) is 12.9. The smallest absolute Gasteiger partial charge is 0.157 e. The Morgan fingerprint density at radius 1 is 0.947 bits per heavy atom. The van der Waals surface area contributed by atoms with E-state index in [1.54, 1.807) is 0 Å². The molecule has 0 aliphatic carbocycles. The number of unbranched alkanes of at least 4 members (excludes halogenated alkanes) is 3. The van der Waals surface area contributed by atoms with E-state index in [1.165, 1.54) is 44.9 Å². The van der Waals surface area contributed by atoms with Gasteiger partial charge in [-0.1, -0.05) is 59.8 Å². The maximum absolute atomic E-state index is 10.2. The van der Waals surface area contributed by atoms with Crippen LogP contribution in [0.25, 0.3) is 0 Å². The van der Waals surface area contributed by atoms with Gasteiger partial charge < -0.3 is 9.84 Å². The van der Waals surface area contributed by atoms with E-state index in [-0.39, 0.29) is 17.4 Å². The fourth-order valence-corrected chi connectivity index (χ4v) is 2.85. The van der Waals surface area contributed by atoms with Crippen molar-refractivity contribution in [3.05, 3.63) is 0 Å². The molecule has 19 heavy (non-hydrogen) atoms. The summed E-state index contributed by atoms with van der Waals surface area (Å²) >= 11 is 0. The number of aliphatic hydroxyl groups excluding tert-OH is 1. The third-order valence-corrected chi connectivity index (χ3v) is 4.36. The normalized spacial score (nSPS) is 18.3. The Bertz CT molecular complexity index is 215. The van der Waals surface area contributed by atoms with Gasteiger partial charge in [-0.25, -0.2) is 0 Å². The first-order valence-corrected chi connectivity index (χ1v) is 8.20. The molecule has 0 aliphatic rings. The molecule has 0 rings (SSSR count). The van der Waals surface area contributed by atoms with Crippen LogP contribution >= 0.6 is 0 Å². The second-order valence-corrected chi connectivity index (χ2v) is 6.58. The molecular weight excluding hydrogens is 236 g/mol. The van der Waals surface area contributed by atoms with Crippen molar-refractivity contribution >= 4 is 0 Å². The molecule has 0 bridgehead atoms. The molecule has 0 aromatic rings. The van der Waals surface area contributed by atoms with Gasteiger partial charge in [-0.15, -0.1) is 0 Å². The molecule has 0 spiro atoms. The third-order valence-electron chi connectivity index (χ3n) is 4.36. The van der Waals surface area contributed by atoms with Crippen molar-refractivity contribution in [1.29, 1.82) is 0 Å². The lowest BCUT2D eigenvalue weighted by molar-refractivity contribution is -0.178. The highest BCUT2D eigenvalue weighted by atomic mass is 16.6. The topological polar surface area (TPSA) is 29.5 Å². The Morgan fingerprint density at radius 2 is 1.58 bits per heavy atom. The van der Waals surface area contributed by atoms with E-state index in [1.807, 2.05) is 13.8 Å². The lowest BCUT2D eigenvalue weighted by atomic mass is 9.71. The molecule has 0 fully saturated rings. The van der Waals surface area contributed by atoms with E-state index in [0.717, 1.165) is 0 Å². The second-order valence-electron chi connectivity index (χ2n) is 6.58. The quantitative estimate of drug-likeness (QED) is 0.417. The minimum absolute atomic E-state index is 0.0865. The van der Waals surface area contributed by atoms with Crippen molar-refractivity contribution in [1.82, 2.24) is 0 Å². The van der Waals surface area contributed by atoms with Crippen LogP contribution in [0.4, 0.5) is 0 Å². The van der Waals surface area contributed by atoms with E-state index in [4.69, 9.17) is 4.74 Å². The van der Waals surface area contributed by atoms with Gasteiger partial charge in [-0.2, -0.15) is 0 Å². The molecule has 3 atom stereocenters. The molecule has 2 nitrogen and oxygen atoms in total. The predicted octanol–water partition coefficient (Wildman–Crippen LogP) is 5.14. The van der Waals surface area contributed by atoms with E-state index >= 15 is 0 Å². The van der Waals surface area contributed by atoms with E-state index < -0.39 is 6.29 Å². The number of rotatable bonds is 11. The number of ether oxygens (including phenoxy) is 1. The zero-order valence-corrected chi connectivity index (χ0v) is 14.0. The summed E-state index contributed by atoms with van der Waals surface area (Å²) in [7, 11) is 0. The van der Waals surface area contributed by atoms with Gasteiger partial charge in [0.15, 0.2) is 6.29 Å². The Kier molecular flexibility index (Phi) is 9.72. The van der Waals surface area contributed by atoms with Crippen LogP contribution in [0.15, 0.2) is 0 Å². The SMILES string of the molecule is CCCCCCC(C)(CCC)[C@@H](C)[C@@H](O)OC(C)C. The minimum atomic E-state index is -0.636. The Balaban J connectivity index is 4.47. The van der Waals surface area contributed by atoms with Crippen LogP contribution in [-0.2, 0) is 4.74 Å². The lowest BCUT2D eigenvalue weighted by Gasteiger charge is -2.39. The maximum atomic E-state index is 10.2. The molecular formula is C17H36O2. The standard InChI is InChI=1S/C17H36O2/c1-7-9-10-11-13-17(6,12-8-2)15(5)16(18)19-14(3)4/h14-16,18H,7-13H2,1-6H3/t15-,16-,17?/m0/s1. The van der Waals surface area contributed by atoms with Gasteiger partial charge in [-0.05, 0) is 32.1 Å². The van der Waals surface area contributed by atoms with Gasteiger partial charge in [0.25, 0.3) is 0 Å². The zero-order valence-electron chi connectivity index (χ0n) is 14.0. The number of hydrogen-bond acceptors (Lipinski definition) is 2. The van der Waals surface area contributed by atoms with Crippen LogP contribution in [0, 0.1) is 11.3 Å². The minimum Gasteiger partial charge on any atom is -0.368 e. The van der Waals surface area contributed by atoms with Gasteiger partial charge in [-0.3, -0.25) is 0 Å². The summed E-state index contributed by atoms with van der Waals surface area (Å²) in [5.74, 6) is 0.191. The summed E-state index contributed by atoms with van der Waals surface area (Å²) in [5.41, 5.74) is 0.191. The predicted molar refractivity (Wildman–Crippen MR) is 83.2 cm³/mol. The van der Waals surface area contributed by atoms with E-state index in [0.29, 0.717) is 0 Å². The Labute approximate surface area is 120 Å². The molecule has 0 saturated heterocycles. The van der Waals surface area contributed by atoms with Gasteiger partial charge in [0.1, 0.15) is 0 Å². The van der Waals surface area contributed by atoms with Crippen molar-refractivity contribution in [2.24, 2.45) is 11.3 Å². The molecule has 2 heteroatoms. The molecule has 116 valence electrons. The monoisotopic (exact) mass is 272 g/mol. The lowest BCUT2D eigenvalue weighted by Crippen LogP contribution is -2.37. The highest BCUT2D eigenvalue weighted by molar-refractivity contribution is 4.81. The second kappa shape index (κ2) is 9.77. The maximum Gasteiger partial charge on any atom is 0.157 e. The Morgan fingerprint density at radius 3 is 2.05 bits per heavy atom. The van der Waals surface area contributed by atoms with Crippen LogP contribution in [-0.4, -0.2) is 17.5 Å². The molecule has 0 radical (unpaired) electrons. The molecule has 1 unspecified atom stereocenters. The van der Waals surface area contributed by atoms with Crippen LogP contribution < -0.4 is 0 Å². The molecule has 1 N–H and O–H groups in total. The van der Waals surface area contributed by atoms with Crippen LogP contribution in [0.1, 0.15) is 86.5 Å². The average Bonchev–Trinajstić information content (AvgIpc) is 2.33. The summed E-state index contributed by atoms with van der Waals surface area (Å²) in [5, 5.41) is 10.2. The fraction of sp³-hybridized carbons (Fsp3) is 1.00. The average molecular weight is 272 g/mol. The first-order chi connectivity index (χ1) is 8.87. The van der Waals surface area contributed by atoms with Gasteiger partial charge in [0.2, 0.25) is 0 Å². The summed E-state index contributed by atoms with van der Waals surface area (Å²) in [6, 6.07) is 0. The largest absolute Gasteiger partial charge is 0.368 e. The highest BCUT2D eigenvalue weighted by Gasteiger charge is 2.35. The van der Waals surface area contributed by atoms with E-state index in [2.05, 4.69) is 27.7 Å². The van der Waals surface area contributed by atoms with Crippen molar-refractivity contribution in [3.63, 3.8) is 0 Å². The van der Waals surface area contributed by atoms with Crippen LogP contribution in [0.3, 0.4) is 0 Å².